The van der Waals surface area contributed by atoms with Gasteiger partial charge in [0, 0.05) is 11.9 Å². The van der Waals surface area contributed by atoms with Gasteiger partial charge in [0.25, 0.3) is 0 Å². The highest BCUT2D eigenvalue weighted by atomic mass is 19.2. The molecule has 3 nitrogen and oxygen atoms in total. The summed E-state index contributed by atoms with van der Waals surface area (Å²) >= 11 is 0. The van der Waals surface area contributed by atoms with Gasteiger partial charge >= 0.3 is 7.12 Å². The predicted octanol–water partition coefficient (Wildman–Crippen LogP) is 1.41. The molecule has 0 fully saturated rings. The Morgan fingerprint density at radius 1 is 0.905 bits per heavy atom. The SMILES string of the molecule is OB(O)c1ccc(OCCc2ccc(F)cc2)c(F)c1F. The van der Waals surface area contributed by atoms with Crippen LogP contribution in [0.4, 0.5) is 13.2 Å². The van der Waals surface area contributed by atoms with Crippen LogP contribution in [0.15, 0.2) is 36.4 Å². The molecule has 0 aliphatic heterocycles. The zero-order valence-corrected chi connectivity index (χ0v) is 10.9. The second kappa shape index (κ2) is 6.65. The maximum Gasteiger partial charge on any atom is 0.491 e. The molecule has 2 rings (SSSR count). The standard InChI is InChI=1S/C14H12BF3O3/c16-10-3-1-9(2-4-10)7-8-21-12-6-5-11(15(19)20)13(17)14(12)18/h1-6,19-20H,7-8H2. The Morgan fingerprint density at radius 3 is 2.19 bits per heavy atom. The van der Waals surface area contributed by atoms with E-state index in [0.29, 0.717) is 6.42 Å². The van der Waals surface area contributed by atoms with Crippen molar-refractivity contribution in [3.05, 3.63) is 59.4 Å². The Bertz CT molecular complexity index is 618. The van der Waals surface area contributed by atoms with Gasteiger partial charge in [-0.05, 0) is 23.8 Å². The minimum absolute atomic E-state index is 0.0724. The third-order valence-electron chi connectivity index (χ3n) is 2.92. The fraction of sp³-hybridized carbons (Fsp3) is 0.143. The monoisotopic (exact) mass is 296 g/mol. The maximum atomic E-state index is 13.6. The Balaban J connectivity index is 2.00. The molecule has 7 heteroatoms. The fourth-order valence-corrected chi connectivity index (χ4v) is 1.79. The smallest absolute Gasteiger partial charge is 0.490 e. The summed E-state index contributed by atoms with van der Waals surface area (Å²) in [4.78, 5) is 0. The van der Waals surface area contributed by atoms with Crippen molar-refractivity contribution in [3.8, 4) is 5.75 Å². The highest BCUT2D eigenvalue weighted by Gasteiger charge is 2.22. The normalized spacial score (nSPS) is 10.5. The van der Waals surface area contributed by atoms with Crippen LogP contribution in [0.3, 0.4) is 0 Å². The summed E-state index contributed by atoms with van der Waals surface area (Å²) in [7, 11) is -2.09. The van der Waals surface area contributed by atoms with Crippen LogP contribution >= 0.6 is 0 Å². The van der Waals surface area contributed by atoms with Gasteiger partial charge in [0.1, 0.15) is 5.82 Å². The van der Waals surface area contributed by atoms with E-state index in [0.717, 1.165) is 17.7 Å². The van der Waals surface area contributed by atoms with Crippen molar-refractivity contribution in [3.63, 3.8) is 0 Å². The van der Waals surface area contributed by atoms with E-state index in [2.05, 4.69) is 0 Å². The van der Waals surface area contributed by atoms with Gasteiger partial charge in [-0.2, -0.15) is 4.39 Å². The van der Waals surface area contributed by atoms with Crippen LogP contribution in [0.1, 0.15) is 5.56 Å². The minimum Gasteiger partial charge on any atom is -0.490 e. The zero-order chi connectivity index (χ0) is 15.4. The van der Waals surface area contributed by atoms with Crippen molar-refractivity contribution in [1.82, 2.24) is 0 Å². The predicted molar refractivity (Wildman–Crippen MR) is 71.8 cm³/mol. The first-order valence-electron chi connectivity index (χ1n) is 6.20. The van der Waals surface area contributed by atoms with Crippen molar-refractivity contribution >= 4 is 12.6 Å². The molecule has 2 N–H and O–H groups in total. The second-order valence-corrected chi connectivity index (χ2v) is 4.38. The number of hydrogen-bond donors (Lipinski definition) is 2. The van der Waals surface area contributed by atoms with Gasteiger partial charge in [0.15, 0.2) is 17.4 Å². The van der Waals surface area contributed by atoms with Crippen LogP contribution in [-0.4, -0.2) is 23.8 Å². The van der Waals surface area contributed by atoms with Crippen LogP contribution in [0, 0.1) is 17.5 Å². The first kappa shape index (κ1) is 15.4. The fourth-order valence-electron chi connectivity index (χ4n) is 1.79. The molecule has 21 heavy (non-hydrogen) atoms. The molecule has 0 heterocycles. The molecule has 0 aliphatic rings. The number of ether oxygens (including phenoxy) is 1. The average molecular weight is 296 g/mol. The summed E-state index contributed by atoms with van der Waals surface area (Å²) in [6, 6.07) is 7.90. The summed E-state index contributed by atoms with van der Waals surface area (Å²) < 4.78 is 44.9. The van der Waals surface area contributed by atoms with E-state index >= 15 is 0 Å². The molecule has 0 spiro atoms. The van der Waals surface area contributed by atoms with E-state index in [9.17, 15) is 13.2 Å². The second-order valence-electron chi connectivity index (χ2n) is 4.38. The first-order chi connectivity index (χ1) is 9.99. The van der Waals surface area contributed by atoms with Gasteiger partial charge in [0.05, 0.1) is 6.61 Å². The molecule has 0 saturated carbocycles. The van der Waals surface area contributed by atoms with Gasteiger partial charge in [-0.3, -0.25) is 0 Å². The number of rotatable bonds is 5. The van der Waals surface area contributed by atoms with Crippen LogP contribution < -0.4 is 10.2 Å². The summed E-state index contributed by atoms with van der Waals surface area (Å²) in [6.07, 6.45) is 0.395. The topological polar surface area (TPSA) is 49.7 Å². The minimum atomic E-state index is -2.09. The number of hydrogen-bond acceptors (Lipinski definition) is 3. The highest BCUT2D eigenvalue weighted by Crippen LogP contribution is 2.18. The van der Waals surface area contributed by atoms with Crippen LogP contribution in [0.25, 0.3) is 0 Å². The summed E-state index contributed by atoms with van der Waals surface area (Å²) in [6.45, 7) is 0.0724. The van der Waals surface area contributed by atoms with E-state index in [4.69, 9.17) is 14.8 Å². The van der Waals surface area contributed by atoms with Crippen molar-refractivity contribution in [2.45, 2.75) is 6.42 Å². The van der Waals surface area contributed by atoms with Crippen molar-refractivity contribution in [1.29, 1.82) is 0 Å². The molecular weight excluding hydrogens is 284 g/mol. The Labute approximate surface area is 119 Å². The van der Waals surface area contributed by atoms with Gasteiger partial charge in [-0.15, -0.1) is 0 Å². The summed E-state index contributed by atoms with van der Waals surface area (Å²) in [5, 5.41) is 17.7. The third kappa shape index (κ3) is 3.77. The molecule has 110 valence electrons. The summed E-state index contributed by atoms with van der Waals surface area (Å²) in [5.41, 5.74) is 0.234. The molecule has 0 aromatic heterocycles. The Kier molecular flexibility index (Phi) is 4.87. The zero-order valence-electron chi connectivity index (χ0n) is 10.9. The van der Waals surface area contributed by atoms with Crippen molar-refractivity contribution in [2.24, 2.45) is 0 Å². The van der Waals surface area contributed by atoms with Gasteiger partial charge in [-0.25, -0.2) is 8.78 Å². The lowest BCUT2D eigenvalue weighted by Crippen LogP contribution is -2.33. The summed E-state index contributed by atoms with van der Waals surface area (Å²) in [5.74, 6) is -3.31. The van der Waals surface area contributed by atoms with Gasteiger partial charge in [0.2, 0.25) is 0 Å². The highest BCUT2D eigenvalue weighted by molar-refractivity contribution is 6.58. The van der Waals surface area contributed by atoms with E-state index in [1.807, 2.05) is 0 Å². The molecule has 0 aliphatic carbocycles. The van der Waals surface area contributed by atoms with Crippen molar-refractivity contribution in [2.75, 3.05) is 6.61 Å². The molecule has 0 atom stereocenters. The number of benzene rings is 2. The Hall–Kier alpha value is -1.99. The average Bonchev–Trinajstić information content (AvgIpc) is 2.45. The molecule has 0 amide bonds. The van der Waals surface area contributed by atoms with E-state index in [1.54, 1.807) is 12.1 Å². The third-order valence-corrected chi connectivity index (χ3v) is 2.92. The number of halogens is 3. The van der Waals surface area contributed by atoms with Crippen LogP contribution in [0.2, 0.25) is 0 Å². The van der Waals surface area contributed by atoms with E-state index in [1.165, 1.54) is 12.1 Å². The molecule has 0 unspecified atom stereocenters. The molecule has 0 radical (unpaired) electrons. The van der Waals surface area contributed by atoms with Crippen LogP contribution in [-0.2, 0) is 6.42 Å². The maximum absolute atomic E-state index is 13.6. The van der Waals surface area contributed by atoms with Gasteiger partial charge in [-0.1, -0.05) is 18.2 Å². The largest absolute Gasteiger partial charge is 0.491 e. The first-order valence-corrected chi connectivity index (χ1v) is 6.20. The lowest BCUT2D eigenvalue weighted by molar-refractivity contribution is 0.299. The Morgan fingerprint density at radius 2 is 1.57 bits per heavy atom. The molecular formula is C14H12BF3O3. The van der Waals surface area contributed by atoms with Gasteiger partial charge < -0.3 is 14.8 Å². The molecule has 0 bridgehead atoms. The van der Waals surface area contributed by atoms with E-state index in [-0.39, 0.29) is 18.2 Å². The molecule has 2 aromatic carbocycles. The lowest BCUT2D eigenvalue weighted by atomic mass is 9.80. The quantitative estimate of drug-likeness (QED) is 0.820. The van der Waals surface area contributed by atoms with Crippen LogP contribution in [0.5, 0.6) is 5.75 Å². The van der Waals surface area contributed by atoms with E-state index < -0.39 is 24.2 Å². The van der Waals surface area contributed by atoms with Crippen molar-refractivity contribution < 1.29 is 28.0 Å². The lowest BCUT2D eigenvalue weighted by Gasteiger charge is -2.10. The molecule has 0 saturated heterocycles. The molecule has 2 aromatic rings.